The van der Waals surface area contributed by atoms with Crippen molar-refractivity contribution in [3.05, 3.63) is 12.2 Å². The Morgan fingerprint density at radius 1 is 0.654 bits per heavy atom. The molecule has 0 aromatic heterocycles. The van der Waals surface area contributed by atoms with E-state index in [4.69, 9.17) is 9.84 Å². The summed E-state index contributed by atoms with van der Waals surface area (Å²) in [6.45, 7) is 2.64. The van der Waals surface area contributed by atoms with Gasteiger partial charge in [0.25, 0.3) is 0 Å². The van der Waals surface area contributed by atoms with Crippen LogP contribution in [0.15, 0.2) is 12.2 Å². The smallest absolute Gasteiger partial charge is 0.331 e. The van der Waals surface area contributed by atoms with Gasteiger partial charge in [0.1, 0.15) is 0 Å². The average Bonchev–Trinajstić information content (AvgIpc) is 2.62. The first-order valence-electron chi connectivity index (χ1n) is 10.7. The lowest BCUT2D eigenvalue weighted by Crippen LogP contribution is -2.03. The number of carbonyl (C=O) groups is 2. The number of hydrogen-bond acceptors (Lipinski definition) is 3. The van der Waals surface area contributed by atoms with Gasteiger partial charge in [0.15, 0.2) is 0 Å². The number of unbranched alkanes of at least 4 members (excludes halogenated alkanes) is 15. The minimum Gasteiger partial charge on any atom is -0.478 e. The van der Waals surface area contributed by atoms with E-state index in [0.717, 1.165) is 25.0 Å². The predicted molar refractivity (Wildman–Crippen MR) is 107 cm³/mol. The Labute approximate surface area is 160 Å². The number of carbonyl (C=O) groups excluding carboxylic acids is 1. The number of ether oxygens (including phenoxy) is 1. The summed E-state index contributed by atoms with van der Waals surface area (Å²) >= 11 is 0. The lowest BCUT2D eigenvalue weighted by molar-refractivity contribution is -0.138. The number of carboxylic acid groups (broad SMARTS) is 1. The molecule has 0 saturated heterocycles. The van der Waals surface area contributed by atoms with E-state index in [2.05, 4.69) is 6.92 Å². The number of carboxylic acids is 1. The van der Waals surface area contributed by atoms with Crippen LogP contribution in [0.1, 0.15) is 110 Å². The Balaban J connectivity index is 3.13. The molecule has 152 valence electrons. The molecular weight excluding hydrogens is 328 g/mol. The van der Waals surface area contributed by atoms with Crippen LogP contribution in [0, 0.1) is 0 Å². The van der Waals surface area contributed by atoms with Crippen LogP contribution in [0.4, 0.5) is 0 Å². The largest absolute Gasteiger partial charge is 0.478 e. The Bertz CT molecular complexity index is 363. The Morgan fingerprint density at radius 2 is 1.04 bits per heavy atom. The molecular formula is C22H40O4. The van der Waals surface area contributed by atoms with Crippen molar-refractivity contribution in [1.29, 1.82) is 0 Å². The minimum absolute atomic E-state index is 0.376. The predicted octanol–water partition coefficient (Wildman–Crippen LogP) is 6.43. The zero-order valence-corrected chi connectivity index (χ0v) is 16.8. The zero-order chi connectivity index (χ0) is 19.3. The summed E-state index contributed by atoms with van der Waals surface area (Å²) < 4.78 is 4.92. The summed E-state index contributed by atoms with van der Waals surface area (Å²) in [4.78, 5) is 21.4. The van der Waals surface area contributed by atoms with Crippen molar-refractivity contribution in [1.82, 2.24) is 0 Å². The first-order valence-corrected chi connectivity index (χ1v) is 10.7. The van der Waals surface area contributed by atoms with Crippen LogP contribution in [0.2, 0.25) is 0 Å². The fraction of sp³-hybridized carbons (Fsp3) is 0.818. The molecule has 0 spiro atoms. The average molecular weight is 369 g/mol. The van der Waals surface area contributed by atoms with Gasteiger partial charge in [-0.05, 0) is 6.42 Å². The first kappa shape index (κ1) is 24.7. The SMILES string of the molecule is CCCCCCCCCCCCCCCCCCOC(=O)/C=C\C(=O)O. The lowest BCUT2D eigenvalue weighted by Gasteiger charge is -2.04. The summed E-state index contributed by atoms with van der Waals surface area (Å²) in [5.74, 6) is -1.71. The Morgan fingerprint density at radius 3 is 1.42 bits per heavy atom. The van der Waals surface area contributed by atoms with Crippen LogP contribution in [-0.2, 0) is 14.3 Å². The van der Waals surface area contributed by atoms with Crippen molar-refractivity contribution in [3.63, 3.8) is 0 Å². The third kappa shape index (κ3) is 20.7. The van der Waals surface area contributed by atoms with Gasteiger partial charge in [-0.2, -0.15) is 0 Å². The highest BCUT2D eigenvalue weighted by Gasteiger charge is 1.98. The van der Waals surface area contributed by atoms with E-state index >= 15 is 0 Å². The van der Waals surface area contributed by atoms with E-state index in [1.807, 2.05) is 0 Å². The third-order valence-corrected chi connectivity index (χ3v) is 4.60. The lowest BCUT2D eigenvalue weighted by atomic mass is 10.0. The minimum atomic E-state index is -1.13. The van der Waals surface area contributed by atoms with E-state index in [1.165, 1.54) is 89.9 Å². The zero-order valence-electron chi connectivity index (χ0n) is 16.8. The van der Waals surface area contributed by atoms with Crippen LogP contribution < -0.4 is 0 Å². The second-order valence-corrected chi connectivity index (χ2v) is 7.14. The van der Waals surface area contributed by atoms with Crippen LogP contribution in [0.3, 0.4) is 0 Å². The van der Waals surface area contributed by atoms with Crippen molar-refractivity contribution in [2.24, 2.45) is 0 Å². The van der Waals surface area contributed by atoms with Crippen LogP contribution in [0.25, 0.3) is 0 Å². The molecule has 0 heterocycles. The maximum atomic E-state index is 11.1. The van der Waals surface area contributed by atoms with Gasteiger partial charge in [-0.15, -0.1) is 0 Å². The van der Waals surface area contributed by atoms with Gasteiger partial charge in [0.2, 0.25) is 0 Å². The second-order valence-electron chi connectivity index (χ2n) is 7.14. The van der Waals surface area contributed by atoms with Crippen molar-refractivity contribution < 1.29 is 19.4 Å². The molecule has 4 heteroatoms. The standard InChI is InChI=1S/C22H40O4/c1-2-3-4-5-6-7-8-9-10-11-12-13-14-15-16-17-20-26-22(25)19-18-21(23)24/h18-19H,2-17,20H2,1H3,(H,23,24)/b19-18-. The maximum Gasteiger partial charge on any atom is 0.331 e. The Hall–Kier alpha value is -1.32. The molecule has 0 bridgehead atoms. The van der Waals surface area contributed by atoms with E-state index in [9.17, 15) is 9.59 Å². The van der Waals surface area contributed by atoms with Gasteiger partial charge >= 0.3 is 11.9 Å². The van der Waals surface area contributed by atoms with Gasteiger partial charge in [0.05, 0.1) is 6.61 Å². The summed E-state index contributed by atoms with van der Waals surface area (Å²) in [7, 11) is 0. The highest BCUT2D eigenvalue weighted by atomic mass is 16.5. The van der Waals surface area contributed by atoms with Gasteiger partial charge in [0, 0.05) is 12.2 Å². The molecule has 0 saturated carbocycles. The van der Waals surface area contributed by atoms with Crippen LogP contribution >= 0.6 is 0 Å². The number of aliphatic carboxylic acids is 1. The summed E-state index contributed by atoms with van der Waals surface area (Å²) in [6.07, 6.45) is 22.7. The summed E-state index contributed by atoms with van der Waals surface area (Å²) in [5.41, 5.74) is 0. The number of rotatable bonds is 19. The molecule has 0 rings (SSSR count). The highest BCUT2D eigenvalue weighted by Crippen LogP contribution is 2.13. The normalized spacial score (nSPS) is 11.1. The molecule has 26 heavy (non-hydrogen) atoms. The van der Waals surface area contributed by atoms with Gasteiger partial charge in [-0.3, -0.25) is 0 Å². The van der Waals surface area contributed by atoms with Crippen molar-refractivity contribution in [3.8, 4) is 0 Å². The molecule has 0 aliphatic heterocycles. The summed E-state index contributed by atoms with van der Waals surface area (Å²) in [5, 5.41) is 8.39. The molecule has 0 aliphatic carbocycles. The Kier molecular flexibility index (Phi) is 19.0. The molecule has 0 amide bonds. The highest BCUT2D eigenvalue weighted by molar-refractivity contribution is 5.90. The molecule has 0 aliphatic rings. The molecule has 0 unspecified atom stereocenters. The van der Waals surface area contributed by atoms with E-state index in [1.54, 1.807) is 0 Å². The number of hydrogen-bond donors (Lipinski definition) is 1. The first-order chi connectivity index (χ1) is 12.7. The maximum absolute atomic E-state index is 11.1. The molecule has 0 atom stereocenters. The van der Waals surface area contributed by atoms with Gasteiger partial charge in [-0.1, -0.05) is 103 Å². The van der Waals surface area contributed by atoms with Gasteiger partial charge < -0.3 is 9.84 Å². The molecule has 1 N–H and O–H groups in total. The second kappa shape index (κ2) is 20.0. The van der Waals surface area contributed by atoms with Crippen molar-refractivity contribution in [2.45, 2.75) is 110 Å². The van der Waals surface area contributed by atoms with E-state index in [-0.39, 0.29) is 0 Å². The molecule has 0 aromatic carbocycles. The monoisotopic (exact) mass is 368 g/mol. The van der Waals surface area contributed by atoms with Crippen molar-refractivity contribution >= 4 is 11.9 Å². The summed E-state index contributed by atoms with van der Waals surface area (Å²) in [6, 6.07) is 0. The van der Waals surface area contributed by atoms with Crippen molar-refractivity contribution in [2.75, 3.05) is 6.61 Å². The van der Waals surface area contributed by atoms with E-state index < -0.39 is 11.9 Å². The molecule has 4 nitrogen and oxygen atoms in total. The molecule has 0 fully saturated rings. The third-order valence-electron chi connectivity index (χ3n) is 4.60. The molecule has 0 aromatic rings. The van der Waals surface area contributed by atoms with Crippen LogP contribution in [0.5, 0.6) is 0 Å². The van der Waals surface area contributed by atoms with Gasteiger partial charge in [-0.25, -0.2) is 9.59 Å². The topological polar surface area (TPSA) is 63.6 Å². The molecule has 0 radical (unpaired) electrons. The fourth-order valence-corrected chi connectivity index (χ4v) is 3.01. The quantitative estimate of drug-likeness (QED) is 0.162. The fourth-order valence-electron chi connectivity index (χ4n) is 3.01. The van der Waals surface area contributed by atoms with E-state index in [0.29, 0.717) is 6.61 Å². The number of esters is 1. The van der Waals surface area contributed by atoms with Crippen LogP contribution in [-0.4, -0.2) is 23.7 Å².